The molecule has 7 heteroatoms. The number of phenolic OH excluding ortho intramolecular Hbond substituents is 1. The molecule has 0 atom stereocenters. The summed E-state index contributed by atoms with van der Waals surface area (Å²) in [7, 11) is -3.43. The zero-order valence-corrected chi connectivity index (χ0v) is 11.8. The van der Waals surface area contributed by atoms with Gasteiger partial charge in [0.25, 0.3) is 10.0 Å². The van der Waals surface area contributed by atoms with Gasteiger partial charge in [0.1, 0.15) is 5.75 Å². The van der Waals surface area contributed by atoms with Gasteiger partial charge in [0.15, 0.2) is 0 Å². The molecule has 0 aliphatic rings. The third kappa shape index (κ3) is 2.83. The molecule has 0 saturated carbocycles. The standard InChI is InChI=1S/C13H16N2O4S/c1-2-20(18,19)15-9-11(8-14-15)12-7-10(5-6-16)3-4-13(12)17/h3-4,7-9,16-17H,2,5-6H2,1H3. The summed E-state index contributed by atoms with van der Waals surface area (Å²) in [5.74, 6) is -0.00915. The number of aliphatic hydroxyl groups excluding tert-OH is 1. The van der Waals surface area contributed by atoms with Gasteiger partial charge in [0.05, 0.1) is 18.1 Å². The Morgan fingerprint density at radius 2 is 2.10 bits per heavy atom. The summed E-state index contributed by atoms with van der Waals surface area (Å²) in [4.78, 5) is 0. The predicted molar refractivity (Wildman–Crippen MR) is 75.0 cm³/mol. The molecule has 0 radical (unpaired) electrons. The monoisotopic (exact) mass is 296 g/mol. The summed E-state index contributed by atoms with van der Waals surface area (Å²) in [6.07, 6.45) is 3.23. The summed E-state index contributed by atoms with van der Waals surface area (Å²) >= 11 is 0. The van der Waals surface area contributed by atoms with Crippen molar-refractivity contribution in [2.75, 3.05) is 12.4 Å². The van der Waals surface area contributed by atoms with Crippen LogP contribution < -0.4 is 0 Å². The summed E-state index contributed by atoms with van der Waals surface area (Å²) in [5.41, 5.74) is 1.86. The van der Waals surface area contributed by atoms with Crippen LogP contribution in [0.1, 0.15) is 12.5 Å². The molecular formula is C13H16N2O4S. The first kappa shape index (κ1) is 14.5. The minimum atomic E-state index is -3.43. The first-order valence-electron chi connectivity index (χ1n) is 6.19. The van der Waals surface area contributed by atoms with Gasteiger partial charge < -0.3 is 10.2 Å². The molecule has 1 heterocycles. The largest absolute Gasteiger partial charge is 0.507 e. The number of aromatic hydroxyl groups is 1. The van der Waals surface area contributed by atoms with E-state index >= 15 is 0 Å². The van der Waals surface area contributed by atoms with Crippen LogP contribution in [0.3, 0.4) is 0 Å². The van der Waals surface area contributed by atoms with E-state index in [1.165, 1.54) is 25.4 Å². The number of aromatic nitrogens is 2. The summed E-state index contributed by atoms with van der Waals surface area (Å²) in [6.45, 7) is 1.55. The Labute approximate surface area is 117 Å². The number of rotatable bonds is 5. The van der Waals surface area contributed by atoms with Crippen LogP contribution in [-0.4, -0.2) is 40.2 Å². The smallest absolute Gasteiger partial charge is 0.253 e. The van der Waals surface area contributed by atoms with E-state index in [4.69, 9.17) is 5.11 Å². The molecule has 1 aromatic heterocycles. The molecule has 6 nitrogen and oxygen atoms in total. The SMILES string of the molecule is CCS(=O)(=O)n1cc(-c2cc(CCO)ccc2O)cn1. The molecule has 0 bridgehead atoms. The van der Waals surface area contributed by atoms with Gasteiger partial charge in [-0.2, -0.15) is 9.19 Å². The third-order valence-corrected chi connectivity index (χ3v) is 4.48. The zero-order chi connectivity index (χ0) is 14.8. The molecule has 108 valence electrons. The molecule has 0 amide bonds. The van der Waals surface area contributed by atoms with Gasteiger partial charge in [-0.15, -0.1) is 0 Å². The molecule has 20 heavy (non-hydrogen) atoms. The number of hydrogen-bond donors (Lipinski definition) is 2. The fraction of sp³-hybridized carbons (Fsp3) is 0.308. The van der Waals surface area contributed by atoms with Crippen molar-refractivity contribution in [3.05, 3.63) is 36.2 Å². The highest BCUT2D eigenvalue weighted by molar-refractivity contribution is 7.89. The Hall–Kier alpha value is -1.86. The third-order valence-electron chi connectivity index (χ3n) is 2.98. The Morgan fingerprint density at radius 3 is 2.75 bits per heavy atom. The number of aliphatic hydroxyl groups is 1. The lowest BCUT2D eigenvalue weighted by Crippen LogP contribution is -2.14. The highest BCUT2D eigenvalue weighted by atomic mass is 32.2. The van der Waals surface area contributed by atoms with E-state index in [0.717, 1.165) is 9.65 Å². The first-order chi connectivity index (χ1) is 9.47. The molecule has 0 fully saturated rings. The highest BCUT2D eigenvalue weighted by Gasteiger charge is 2.14. The molecule has 0 saturated heterocycles. The van der Waals surface area contributed by atoms with Gasteiger partial charge in [-0.05, 0) is 31.0 Å². The lowest BCUT2D eigenvalue weighted by Gasteiger charge is -2.05. The summed E-state index contributed by atoms with van der Waals surface area (Å²) in [5, 5.41) is 22.6. The van der Waals surface area contributed by atoms with Crippen molar-refractivity contribution in [1.29, 1.82) is 0 Å². The van der Waals surface area contributed by atoms with E-state index in [9.17, 15) is 13.5 Å². The Morgan fingerprint density at radius 1 is 1.35 bits per heavy atom. The zero-order valence-electron chi connectivity index (χ0n) is 11.0. The van der Waals surface area contributed by atoms with Gasteiger partial charge in [-0.3, -0.25) is 0 Å². The second-order valence-corrected chi connectivity index (χ2v) is 6.44. The van der Waals surface area contributed by atoms with Gasteiger partial charge in [0, 0.05) is 17.7 Å². The van der Waals surface area contributed by atoms with Crippen molar-refractivity contribution in [3.63, 3.8) is 0 Å². The predicted octanol–water partition coefficient (Wildman–Crippen LogP) is 0.988. The summed E-state index contributed by atoms with van der Waals surface area (Å²) in [6, 6.07) is 4.94. The average Bonchev–Trinajstić information content (AvgIpc) is 2.91. The lowest BCUT2D eigenvalue weighted by atomic mass is 10.0. The molecule has 2 aromatic rings. The van der Waals surface area contributed by atoms with Crippen molar-refractivity contribution < 1.29 is 18.6 Å². The number of hydrogen-bond acceptors (Lipinski definition) is 5. The second-order valence-electron chi connectivity index (χ2n) is 4.33. The molecule has 2 rings (SSSR count). The Bertz CT molecular complexity index is 707. The van der Waals surface area contributed by atoms with E-state index in [1.807, 2.05) is 0 Å². The van der Waals surface area contributed by atoms with E-state index in [1.54, 1.807) is 12.1 Å². The van der Waals surface area contributed by atoms with E-state index in [-0.39, 0.29) is 18.1 Å². The van der Waals surface area contributed by atoms with Crippen LogP contribution in [0.15, 0.2) is 30.6 Å². The van der Waals surface area contributed by atoms with Crippen LogP contribution in [0.25, 0.3) is 11.1 Å². The topological polar surface area (TPSA) is 92.4 Å². The minimum absolute atomic E-state index is 0.00763. The Kier molecular flexibility index (Phi) is 4.10. The molecule has 0 unspecified atom stereocenters. The van der Waals surface area contributed by atoms with Gasteiger partial charge in [-0.25, -0.2) is 8.42 Å². The minimum Gasteiger partial charge on any atom is -0.507 e. The van der Waals surface area contributed by atoms with Gasteiger partial charge in [0.2, 0.25) is 0 Å². The van der Waals surface area contributed by atoms with Crippen molar-refractivity contribution in [3.8, 4) is 16.9 Å². The molecule has 2 N–H and O–H groups in total. The van der Waals surface area contributed by atoms with Crippen LogP contribution in [0, 0.1) is 0 Å². The maximum absolute atomic E-state index is 11.7. The van der Waals surface area contributed by atoms with Crippen molar-refractivity contribution in [2.45, 2.75) is 13.3 Å². The molecule has 0 aliphatic carbocycles. The van der Waals surface area contributed by atoms with E-state index < -0.39 is 10.0 Å². The van der Waals surface area contributed by atoms with Crippen molar-refractivity contribution in [2.24, 2.45) is 0 Å². The number of phenols is 1. The summed E-state index contributed by atoms with van der Waals surface area (Å²) < 4.78 is 24.3. The van der Waals surface area contributed by atoms with Crippen LogP contribution in [0.2, 0.25) is 0 Å². The maximum Gasteiger partial charge on any atom is 0.253 e. The van der Waals surface area contributed by atoms with E-state index in [0.29, 0.717) is 17.5 Å². The quantitative estimate of drug-likeness (QED) is 0.858. The molecular weight excluding hydrogens is 280 g/mol. The molecule has 1 aromatic carbocycles. The number of benzene rings is 1. The fourth-order valence-corrected chi connectivity index (χ4v) is 2.56. The van der Waals surface area contributed by atoms with E-state index in [2.05, 4.69) is 5.10 Å². The van der Waals surface area contributed by atoms with Crippen LogP contribution in [0.5, 0.6) is 5.75 Å². The fourth-order valence-electron chi connectivity index (χ4n) is 1.83. The first-order valence-corrected chi connectivity index (χ1v) is 7.80. The average molecular weight is 296 g/mol. The van der Waals surface area contributed by atoms with Crippen molar-refractivity contribution in [1.82, 2.24) is 9.19 Å². The number of nitrogens with zero attached hydrogens (tertiary/aromatic N) is 2. The normalized spacial score (nSPS) is 11.7. The Balaban J connectivity index is 2.44. The lowest BCUT2D eigenvalue weighted by molar-refractivity contribution is 0.299. The molecule has 0 aliphatic heterocycles. The highest BCUT2D eigenvalue weighted by Crippen LogP contribution is 2.30. The van der Waals surface area contributed by atoms with Crippen LogP contribution in [-0.2, 0) is 16.4 Å². The maximum atomic E-state index is 11.7. The van der Waals surface area contributed by atoms with Gasteiger partial charge in [-0.1, -0.05) is 6.07 Å². The second kappa shape index (κ2) is 5.64. The van der Waals surface area contributed by atoms with Crippen LogP contribution in [0.4, 0.5) is 0 Å². The van der Waals surface area contributed by atoms with Crippen LogP contribution >= 0.6 is 0 Å². The van der Waals surface area contributed by atoms with Crippen molar-refractivity contribution >= 4 is 10.0 Å². The van der Waals surface area contributed by atoms with Gasteiger partial charge >= 0.3 is 0 Å². The molecule has 0 spiro atoms.